The van der Waals surface area contributed by atoms with Crippen molar-refractivity contribution >= 4 is 32.7 Å². The second kappa shape index (κ2) is 4.72. The number of nitrogens with one attached hydrogen (secondary N) is 1. The molecule has 0 atom stereocenters. The van der Waals surface area contributed by atoms with Gasteiger partial charge in [-0.1, -0.05) is 15.9 Å². The summed E-state index contributed by atoms with van der Waals surface area (Å²) in [7, 11) is 0. The van der Waals surface area contributed by atoms with E-state index in [4.69, 9.17) is 0 Å². The van der Waals surface area contributed by atoms with E-state index >= 15 is 0 Å². The lowest BCUT2D eigenvalue weighted by atomic mass is 10.0. The molecule has 6 heteroatoms. The molecule has 3 aromatic rings. The van der Waals surface area contributed by atoms with Gasteiger partial charge in [0.25, 0.3) is 0 Å². The molecule has 100 valence electrons. The standard InChI is InChI=1S/C14H10BrN3O2/c1-7-10-4-8(6-16-14(10)18-17-7)13(20)11-5-9(15)2-3-12(11)19/h2-6,19H,1H3,(H,16,17,18). The van der Waals surface area contributed by atoms with E-state index in [0.29, 0.717) is 11.2 Å². The smallest absolute Gasteiger partial charge is 0.198 e. The van der Waals surface area contributed by atoms with Gasteiger partial charge in [0.15, 0.2) is 11.4 Å². The molecule has 0 radical (unpaired) electrons. The number of carbonyl (C=O) groups is 1. The minimum Gasteiger partial charge on any atom is -0.507 e. The monoisotopic (exact) mass is 331 g/mol. The van der Waals surface area contributed by atoms with Crippen molar-refractivity contribution < 1.29 is 9.90 Å². The summed E-state index contributed by atoms with van der Waals surface area (Å²) in [6.45, 7) is 1.86. The number of halogens is 1. The molecular formula is C14H10BrN3O2. The average Bonchev–Trinajstić information content (AvgIpc) is 2.82. The lowest BCUT2D eigenvalue weighted by molar-refractivity contribution is 0.103. The quantitative estimate of drug-likeness (QED) is 0.707. The third-order valence-corrected chi connectivity index (χ3v) is 3.56. The van der Waals surface area contributed by atoms with Gasteiger partial charge in [0.2, 0.25) is 0 Å². The van der Waals surface area contributed by atoms with Crippen LogP contribution in [0.4, 0.5) is 0 Å². The zero-order valence-corrected chi connectivity index (χ0v) is 12.1. The van der Waals surface area contributed by atoms with Crippen LogP contribution in [0.3, 0.4) is 0 Å². The zero-order valence-electron chi connectivity index (χ0n) is 10.5. The number of ketones is 1. The first-order chi connectivity index (χ1) is 9.56. The average molecular weight is 332 g/mol. The molecule has 0 unspecified atom stereocenters. The fourth-order valence-corrected chi connectivity index (χ4v) is 2.35. The van der Waals surface area contributed by atoms with Crippen LogP contribution < -0.4 is 0 Å². The molecule has 0 spiro atoms. The molecule has 0 fully saturated rings. The first-order valence-corrected chi connectivity index (χ1v) is 6.69. The van der Waals surface area contributed by atoms with Crippen LogP contribution in [-0.2, 0) is 0 Å². The van der Waals surface area contributed by atoms with Crippen molar-refractivity contribution in [1.82, 2.24) is 15.2 Å². The Labute approximate surface area is 122 Å². The van der Waals surface area contributed by atoms with Gasteiger partial charge < -0.3 is 5.11 Å². The summed E-state index contributed by atoms with van der Waals surface area (Å²) in [5.41, 5.74) is 2.07. The van der Waals surface area contributed by atoms with Gasteiger partial charge in [-0.3, -0.25) is 9.89 Å². The molecule has 3 rings (SSSR count). The third kappa shape index (κ3) is 2.08. The zero-order chi connectivity index (χ0) is 14.3. The lowest BCUT2D eigenvalue weighted by Crippen LogP contribution is -2.02. The molecule has 2 heterocycles. The molecule has 0 saturated carbocycles. The fraction of sp³-hybridized carbons (Fsp3) is 0.0714. The van der Waals surface area contributed by atoms with Crippen molar-refractivity contribution in [2.75, 3.05) is 0 Å². The second-order valence-electron chi connectivity index (χ2n) is 4.43. The Balaban J connectivity index is 2.12. The number of aromatic amines is 1. The molecule has 0 bridgehead atoms. The molecule has 2 aromatic heterocycles. The number of phenols is 1. The molecule has 0 amide bonds. The normalized spacial score (nSPS) is 10.9. The Hall–Kier alpha value is -2.21. The van der Waals surface area contributed by atoms with Crippen molar-refractivity contribution in [3.8, 4) is 5.75 Å². The van der Waals surface area contributed by atoms with Crippen LogP contribution in [0.5, 0.6) is 5.75 Å². The number of aromatic hydroxyl groups is 1. The molecular weight excluding hydrogens is 322 g/mol. The van der Waals surface area contributed by atoms with Crippen LogP contribution in [0, 0.1) is 6.92 Å². The minimum absolute atomic E-state index is 0.0535. The Morgan fingerprint density at radius 3 is 2.95 bits per heavy atom. The minimum atomic E-state index is -0.279. The van der Waals surface area contributed by atoms with E-state index < -0.39 is 0 Å². The van der Waals surface area contributed by atoms with Crippen LogP contribution >= 0.6 is 15.9 Å². The van der Waals surface area contributed by atoms with E-state index in [-0.39, 0.29) is 17.1 Å². The summed E-state index contributed by atoms with van der Waals surface area (Å²) in [5, 5.41) is 17.5. The van der Waals surface area contributed by atoms with Gasteiger partial charge in [-0.05, 0) is 31.2 Å². The summed E-state index contributed by atoms with van der Waals surface area (Å²) < 4.78 is 0.729. The molecule has 0 aliphatic rings. The summed E-state index contributed by atoms with van der Waals surface area (Å²) in [5.74, 6) is -0.332. The number of nitrogens with zero attached hydrogens (tertiary/aromatic N) is 2. The van der Waals surface area contributed by atoms with Crippen molar-refractivity contribution in [3.05, 3.63) is 51.8 Å². The summed E-state index contributed by atoms with van der Waals surface area (Å²) in [6, 6.07) is 6.47. The predicted octanol–water partition coefficient (Wildman–Crippen LogP) is 2.97. The van der Waals surface area contributed by atoms with Gasteiger partial charge in [-0.2, -0.15) is 5.10 Å². The van der Waals surface area contributed by atoms with Gasteiger partial charge in [0, 0.05) is 27.3 Å². The summed E-state index contributed by atoms with van der Waals surface area (Å²) in [6.07, 6.45) is 1.46. The SMILES string of the molecule is Cc1[nH]nc2ncc(C(=O)c3cc(Br)ccc3O)cc12. The first kappa shape index (κ1) is 12.8. The van der Waals surface area contributed by atoms with Gasteiger partial charge in [-0.15, -0.1) is 0 Å². The Kier molecular flexibility index (Phi) is 3.02. The van der Waals surface area contributed by atoms with Gasteiger partial charge in [-0.25, -0.2) is 4.98 Å². The van der Waals surface area contributed by atoms with E-state index in [2.05, 4.69) is 31.1 Å². The van der Waals surface area contributed by atoms with E-state index in [0.717, 1.165) is 15.6 Å². The second-order valence-corrected chi connectivity index (χ2v) is 5.35. The Bertz CT molecular complexity index is 826. The lowest BCUT2D eigenvalue weighted by Gasteiger charge is -2.04. The van der Waals surface area contributed by atoms with E-state index in [1.54, 1.807) is 18.2 Å². The number of rotatable bonds is 2. The van der Waals surface area contributed by atoms with Crippen molar-refractivity contribution in [2.24, 2.45) is 0 Å². The number of benzene rings is 1. The topological polar surface area (TPSA) is 78.9 Å². The van der Waals surface area contributed by atoms with Crippen LogP contribution in [0.2, 0.25) is 0 Å². The van der Waals surface area contributed by atoms with Crippen LogP contribution in [-0.4, -0.2) is 26.1 Å². The van der Waals surface area contributed by atoms with Gasteiger partial charge >= 0.3 is 0 Å². The highest BCUT2D eigenvalue weighted by Gasteiger charge is 2.16. The largest absolute Gasteiger partial charge is 0.507 e. The molecule has 2 N–H and O–H groups in total. The summed E-state index contributed by atoms with van der Waals surface area (Å²) in [4.78, 5) is 16.6. The van der Waals surface area contributed by atoms with E-state index in [9.17, 15) is 9.90 Å². The maximum Gasteiger partial charge on any atom is 0.198 e. The number of H-pyrrole nitrogens is 1. The summed E-state index contributed by atoms with van der Waals surface area (Å²) >= 11 is 3.29. The van der Waals surface area contributed by atoms with Crippen molar-refractivity contribution in [2.45, 2.75) is 6.92 Å². The fourth-order valence-electron chi connectivity index (χ4n) is 1.99. The van der Waals surface area contributed by atoms with Gasteiger partial charge in [0.05, 0.1) is 5.56 Å². The number of phenolic OH excluding ortho intramolecular Hbond substituents is 1. The highest BCUT2D eigenvalue weighted by molar-refractivity contribution is 9.10. The Morgan fingerprint density at radius 1 is 1.35 bits per heavy atom. The van der Waals surface area contributed by atoms with Crippen LogP contribution in [0.1, 0.15) is 21.6 Å². The molecule has 20 heavy (non-hydrogen) atoms. The Morgan fingerprint density at radius 2 is 2.15 bits per heavy atom. The number of aryl methyl sites for hydroxylation is 1. The van der Waals surface area contributed by atoms with E-state index in [1.807, 2.05) is 6.92 Å². The number of aromatic nitrogens is 3. The van der Waals surface area contributed by atoms with Crippen LogP contribution in [0.15, 0.2) is 34.9 Å². The highest BCUT2D eigenvalue weighted by Crippen LogP contribution is 2.25. The first-order valence-electron chi connectivity index (χ1n) is 5.90. The molecule has 0 saturated heterocycles. The number of fused-ring (bicyclic) bond motifs is 1. The number of carbonyl (C=O) groups excluding carboxylic acids is 1. The number of pyridine rings is 1. The van der Waals surface area contributed by atoms with Gasteiger partial charge in [0.1, 0.15) is 5.75 Å². The van der Waals surface area contributed by atoms with Crippen molar-refractivity contribution in [3.63, 3.8) is 0 Å². The van der Waals surface area contributed by atoms with Crippen molar-refractivity contribution in [1.29, 1.82) is 0 Å². The third-order valence-electron chi connectivity index (χ3n) is 3.07. The molecule has 5 nitrogen and oxygen atoms in total. The number of hydrogen-bond donors (Lipinski definition) is 2. The predicted molar refractivity (Wildman–Crippen MR) is 77.9 cm³/mol. The highest BCUT2D eigenvalue weighted by atomic mass is 79.9. The molecule has 0 aliphatic heterocycles. The number of hydrogen-bond acceptors (Lipinski definition) is 4. The van der Waals surface area contributed by atoms with Crippen LogP contribution in [0.25, 0.3) is 11.0 Å². The molecule has 0 aliphatic carbocycles. The molecule has 1 aromatic carbocycles. The maximum absolute atomic E-state index is 12.4. The maximum atomic E-state index is 12.4. The van der Waals surface area contributed by atoms with E-state index in [1.165, 1.54) is 12.3 Å².